The lowest BCUT2D eigenvalue weighted by Crippen LogP contribution is -1.95. The van der Waals surface area contributed by atoms with Crippen LogP contribution in [0.1, 0.15) is 18.6 Å². The van der Waals surface area contributed by atoms with E-state index in [0.717, 1.165) is 15.8 Å². The minimum absolute atomic E-state index is 0.540. The molecule has 2 aromatic carbocycles. The molecule has 2 aromatic rings. The van der Waals surface area contributed by atoms with Gasteiger partial charge < -0.3 is 9.84 Å². The van der Waals surface area contributed by atoms with Gasteiger partial charge in [0.15, 0.2) is 0 Å². The molecule has 0 aliphatic carbocycles. The highest BCUT2D eigenvalue weighted by molar-refractivity contribution is 9.10. The van der Waals surface area contributed by atoms with E-state index in [1.807, 2.05) is 48.5 Å². The van der Waals surface area contributed by atoms with Crippen molar-refractivity contribution in [2.75, 3.05) is 0 Å². The molecular formula is C14H13BrO2. The molecule has 0 aliphatic heterocycles. The zero-order valence-electron chi connectivity index (χ0n) is 9.43. The summed E-state index contributed by atoms with van der Waals surface area (Å²) in [6, 6.07) is 15.1. The standard InChI is InChI=1S/C14H13BrO2/c1-10(16)13-4-2-3-5-14(13)17-12-8-6-11(15)7-9-12/h2-10,16H,1H3/t10-/m1/s1. The van der Waals surface area contributed by atoms with Gasteiger partial charge in [0.1, 0.15) is 11.5 Å². The first-order valence-corrected chi connectivity index (χ1v) is 6.16. The third-order valence-electron chi connectivity index (χ3n) is 2.41. The summed E-state index contributed by atoms with van der Waals surface area (Å²) in [4.78, 5) is 0. The van der Waals surface area contributed by atoms with E-state index in [-0.39, 0.29) is 0 Å². The average Bonchev–Trinajstić information content (AvgIpc) is 2.32. The molecule has 17 heavy (non-hydrogen) atoms. The van der Waals surface area contributed by atoms with Gasteiger partial charge in [0, 0.05) is 10.0 Å². The maximum absolute atomic E-state index is 9.64. The van der Waals surface area contributed by atoms with Gasteiger partial charge in [-0.1, -0.05) is 34.1 Å². The van der Waals surface area contributed by atoms with Crippen molar-refractivity contribution in [1.82, 2.24) is 0 Å². The number of ether oxygens (including phenoxy) is 1. The van der Waals surface area contributed by atoms with Crippen molar-refractivity contribution in [3.05, 3.63) is 58.6 Å². The van der Waals surface area contributed by atoms with E-state index >= 15 is 0 Å². The molecule has 0 heterocycles. The summed E-state index contributed by atoms with van der Waals surface area (Å²) in [5.74, 6) is 1.44. The number of aliphatic hydroxyl groups excluding tert-OH is 1. The molecule has 0 amide bonds. The van der Waals surface area contributed by atoms with Gasteiger partial charge in [-0.05, 0) is 37.3 Å². The molecule has 0 aliphatic rings. The van der Waals surface area contributed by atoms with Crippen LogP contribution in [0.25, 0.3) is 0 Å². The molecule has 0 bridgehead atoms. The summed E-state index contributed by atoms with van der Waals surface area (Å²) in [6.07, 6.45) is -0.540. The summed E-state index contributed by atoms with van der Waals surface area (Å²) < 4.78 is 6.75. The van der Waals surface area contributed by atoms with Crippen LogP contribution in [0.5, 0.6) is 11.5 Å². The van der Waals surface area contributed by atoms with Gasteiger partial charge in [-0.2, -0.15) is 0 Å². The number of benzene rings is 2. The predicted molar refractivity (Wildman–Crippen MR) is 71.3 cm³/mol. The molecule has 0 spiro atoms. The van der Waals surface area contributed by atoms with Gasteiger partial charge in [-0.15, -0.1) is 0 Å². The van der Waals surface area contributed by atoms with Gasteiger partial charge >= 0.3 is 0 Å². The topological polar surface area (TPSA) is 29.5 Å². The highest BCUT2D eigenvalue weighted by Crippen LogP contribution is 2.29. The summed E-state index contributed by atoms with van der Waals surface area (Å²) >= 11 is 3.37. The van der Waals surface area contributed by atoms with Crippen molar-refractivity contribution in [3.63, 3.8) is 0 Å². The fraction of sp³-hybridized carbons (Fsp3) is 0.143. The molecule has 0 saturated heterocycles. The summed E-state index contributed by atoms with van der Waals surface area (Å²) in [6.45, 7) is 1.73. The third-order valence-corrected chi connectivity index (χ3v) is 2.94. The summed E-state index contributed by atoms with van der Waals surface area (Å²) in [5, 5.41) is 9.64. The Morgan fingerprint density at radius 2 is 1.71 bits per heavy atom. The van der Waals surface area contributed by atoms with E-state index < -0.39 is 6.10 Å². The Morgan fingerprint density at radius 1 is 1.06 bits per heavy atom. The Hall–Kier alpha value is -1.32. The van der Waals surface area contributed by atoms with Crippen LogP contribution in [-0.4, -0.2) is 5.11 Å². The zero-order valence-corrected chi connectivity index (χ0v) is 11.0. The Balaban J connectivity index is 2.26. The van der Waals surface area contributed by atoms with Gasteiger partial charge in [0.2, 0.25) is 0 Å². The van der Waals surface area contributed by atoms with Gasteiger partial charge in [0.05, 0.1) is 6.10 Å². The number of para-hydroxylation sites is 1. The van der Waals surface area contributed by atoms with Gasteiger partial charge in [-0.25, -0.2) is 0 Å². The summed E-state index contributed by atoms with van der Waals surface area (Å²) in [7, 11) is 0. The molecule has 88 valence electrons. The van der Waals surface area contributed by atoms with Crippen LogP contribution in [-0.2, 0) is 0 Å². The number of aliphatic hydroxyl groups is 1. The zero-order chi connectivity index (χ0) is 12.3. The van der Waals surface area contributed by atoms with Crippen molar-refractivity contribution in [2.45, 2.75) is 13.0 Å². The fourth-order valence-corrected chi connectivity index (χ4v) is 1.81. The van der Waals surface area contributed by atoms with Crippen LogP contribution in [0.15, 0.2) is 53.0 Å². The maximum Gasteiger partial charge on any atom is 0.133 e. The molecule has 0 fully saturated rings. The Labute approximate surface area is 109 Å². The number of rotatable bonds is 3. The molecule has 1 N–H and O–H groups in total. The molecule has 2 nitrogen and oxygen atoms in total. The van der Waals surface area contributed by atoms with Crippen molar-refractivity contribution in [3.8, 4) is 11.5 Å². The first kappa shape index (κ1) is 12.1. The van der Waals surface area contributed by atoms with Crippen LogP contribution >= 0.6 is 15.9 Å². The minimum atomic E-state index is -0.540. The van der Waals surface area contributed by atoms with Crippen LogP contribution in [0.4, 0.5) is 0 Å². The first-order chi connectivity index (χ1) is 8.16. The lowest BCUT2D eigenvalue weighted by Gasteiger charge is -2.12. The Morgan fingerprint density at radius 3 is 2.35 bits per heavy atom. The molecule has 1 atom stereocenters. The lowest BCUT2D eigenvalue weighted by atomic mass is 10.1. The largest absolute Gasteiger partial charge is 0.457 e. The molecule has 2 rings (SSSR count). The summed E-state index contributed by atoms with van der Waals surface area (Å²) in [5.41, 5.74) is 0.787. The highest BCUT2D eigenvalue weighted by Gasteiger charge is 2.08. The van der Waals surface area contributed by atoms with E-state index in [2.05, 4.69) is 15.9 Å². The van der Waals surface area contributed by atoms with E-state index in [9.17, 15) is 5.11 Å². The van der Waals surface area contributed by atoms with E-state index in [1.54, 1.807) is 6.92 Å². The minimum Gasteiger partial charge on any atom is -0.457 e. The highest BCUT2D eigenvalue weighted by atomic mass is 79.9. The molecule has 0 saturated carbocycles. The smallest absolute Gasteiger partial charge is 0.133 e. The number of hydrogen-bond acceptors (Lipinski definition) is 2. The second-order valence-electron chi connectivity index (χ2n) is 3.77. The molecule has 0 unspecified atom stereocenters. The van der Waals surface area contributed by atoms with Crippen LogP contribution < -0.4 is 4.74 Å². The van der Waals surface area contributed by atoms with Gasteiger partial charge in [-0.3, -0.25) is 0 Å². The van der Waals surface area contributed by atoms with E-state index in [4.69, 9.17) is 4.74 Å². The quantitative estimate of drug-likeness (QED) is 0.914. The molecular weight excluding hydrogens is 280 g/mol. The monoisotopic (exact) mass is 292 g/mol. The van der Waals surface area contributed by atoms with Crippen molar-refractivity contribution >= 4 is 15.9 Å². The van der Waals surface area contributed by atoms with Gasteiger partial charge in [0.25, 0.3) is 0 Å². The van der Waals surface area contributed by atoms with Crippen LogP contribution in [0, 0.1) is 0 Å². The number of halogens is 1. The second-order valence-corrected chi connectivity index (χ2v) is 4.69. The predicted octanol–water partition coefficient (Wildman–Crippen LogP) is 4.29. The van der Waals surface area contributed by atoms with E-state index in [1.165, 1.54) is 0 Å². The Kier molecular flexibility index (Phi) is 3.82. The van der Waals surface area contributed by atoms with Crippen molar-refractivity contribution in [2.24, 2.45) is 0 Å². The van der Waals surface area contributed by atoms with Crippen LogP contribution in [0.3, 0.4) is 0 Å². The maximum atomic E-state index is 9.64. The molecule has 0 radical (unpaired) electrons. The molecule has 3 heteroatoms. The Bertz CT molecular complexity index is 492. The molecule has 0 aromatic heterocycles. The van der Waals surface area contributed by atoms with Crippen molar-refractivity contribution in [1.29, 1.82) is 0 Å². The van der Waals surface area contributed by atoms with E-state index in [0.29, 0.717) is 5.75 Å². The lowest BCUT2D eigenvalue weighted by molar-refractivity contribution is 0.195. The third kappa shape index (κ3) is 3.08. The SMILES string of the molecule is C[C@@H](O)c1ccccc1Oc1ccc(Br)cc1. The fourth-order valence-electron chi connectivity index (χ4n) is 1.55. The van der Waals surface area contributed by atoms with Crippen LogP contribution in [0.2, 0.25) is 0 Å². The number of hydrogen-bond donors (Lipinski definition) is 1. The van der Waals surface area contributed by atoms with Crippen molar-refractivity contribution < 1.29 is 9.84 Å². The second kappa shape index (κ2) is 5.34. The average molecular weight is 293 g/mol. The first-order valence-electron chi connectivity index (χ1n) is 5.37. The normalized spacial score (nSPS) is 12.2.